The molecular weight excluding hydrogens is 426 g/mol. The Bertz CT molecular complexity index is 1090. The predicted octanol–water partition coefficient (Wildman–Crippen LogP) is 5.87. The summed E-state index contributed by atoms with van der Waals surface area (Å²) in [7, 11) is 0. The molecule has 34 heavy (non-hydrogen) atoms. The van der Waals surface area contributed by atoms with Gasteiger partial charge in [0.15, 0.2) is 5.65 Å². The third kappa shape index (κ3) is 5.34. The highest BCUT2D eigenvalue weighted by atomic mass is 16.5. The quantitative estimate of drug-likeness (QED) is 0.393. The summed E-state index contributed by atoms with van der Waals surface area (Å²) in [5.74, 6) is 0.739. The standard InChI is InChI=1S/C27H37N5O2/c1-4-16-34-21-14-12-19(13-15-21)24(5-2)31-27(33)23-17-28-26-22(18-29-32(26)6-3)25(23)30-20-10-8-7-9-11-20/h12-15,17-18,20,24H,4-11,16H2,1-3H3,(H,28,30)(H,31,33). The number of anilines is 1. The van der Waals surface area contributed by atoms with Crippen molar-refractivity contribution in [3.63, 3.8) is 0 Å². The number of nitrogens with zero attached hydrogens (tertiary/aromatic N) is 3. The fourth-order valence-corrected chi connectivity index (χ4v) is 4.71. The van der Waals surface area contributed by atoms with Crippen LogP contribution in [0.5, 0.6) is 5.75 Å². The first-order valence-electron chi connectivity index (χ1n) is 12.8. The molecule has 0 spiro atoms. The predicted molar refractivity (Wildman–Crippen MR) is 136 cm³/mol. The van der Waals surface area contributed by atoms with Gasteiger partial charge in [-0.25, -0.2) is 9.67 Å². The summed E-state index contributed by atoms with van der Waals surface area (Å²) in [5.41, 5.74) is 3.31. The summed E-state index contributed by atoms with van der Waals surface area (Å²) < 4.78 is 7.58. The van der Waals surface area contributed by atoms with Crippen LogP contribution in [0.3, 0.4) is 0 Å². The monoisotopic (exact) mass is 463 g/mol. The fourth-order valence-electron chi connectivity index (χ4n) is 4.71. The molecule has 2 N–H and O–H groups in total. The molecule has 4 rings (SSSR count). The number of carbonyl (C=O) groups excluding carboxylic acids is 1. The molecule has 1 aromatic carbocycles. The van der Waals surface area contributed by atoms with Gasteiger partial charge in [-0.2, -0.15) is 5.10 Å². The number of ether oxygens (including phenoxy) is 1. The van der Waals surface area contributed by atoms with Crippen molar-refractivity contribution < 1.29 is 9.53 Å². The van der Waals surface area contributed by atoms with Gasteiger partial charge in [0.2, 0.25) is 0 Å². The van der Waals surface area contributed by atoms with Crippen molar-refractivity contribution in [1.29, 1.82) is 0 Å². The summed E-state index contributed by atoms with van der Waals surface area (Å²) in [5, 5.41) is 12.3. The summed E-state index contributed by atoms with van der Waals surface area (Å²) in [6, 6.07) is 8.30. The first kappa shape index (κ1) is 24.0. The molecule has 1 amide bonds. The highest BCUT2D eigenvalue weighted by Crippen LogP contribution is 2.30. The van der Waals surface area contributed by atoms with Crippen LogP contribution < -0.4 is 15.4 Å². The molecule has 7 nitrogen and oxygen atoms in total. The minimum atomic E-state index is -0.116. The van der Waals surface area contributed by atoms with E-state index in [-0.39, 0.29) is 11.9 Å². The molecule has 0 bridgehead atoms. The highest BCUT2D eigenvalue weighted by Gasteiger charge is 2.23. The largest absolute Gasteiger partial charge is 0.494 e. The van der Waals surface area contributed by atoms with Crippen LogP contribution in [0.25, 0.3) is 11.0 Å². The maximum atomic E-state index is 13.5. The van der Waals surface area contributed by atoms with Crippen LogP contribution in [0.1, 0.15) is 87.7 Å². The van der Waals surface area contributed by atoms with Gasteiger partial charge in [0, 0.05) is 18.8 Å². The molecule has 0 saturated heterocycles. The first-order chi connectivity index (χ1) is 16.6. The van der Waals surface area contributed by atoms with E-state index in [1.165, 1.54) is 19.3 Å². The van der Waals surface area contributed by atoms with Crippen molar-refractivity contribution in [2.24, 2.45) is 0 Å². The Morgan fingerprint density at radius 3 is 2.56 bits per heavy atom. The van der Waals surface area contributed by atoms with E-state index in [0.29, 0.717) is 18.2 Å². The van der Waals surface area contributed by atoms with Crippen molar-refractivity contribution >= 4 is 22.6 Å². The van der Waals surface area contributed by atoms with Gasteiger partial charge in [-0.1, -0.05) is 45.2 Å². The molecule has 1 saturated carbocycles. The second kappa shape index (κ2) is 11.4. The summed E-state index contributed by atoms with van der Waals surface area (Å²) in [6.07, 6.45) is 11.3. The number of pyridine rings is 1. The van der Waals surface area contributed by atoms with Crippen LogP contribution in [0, 0.1) is 0 Å². The van der Waals surface area contributed by atoms with E-state index >= 15 is 0 Å². The lowest BCUT2D eigenvalue weighted by Crippen LogP contribution is -2.30. The molecule has 2 aromatic heterocycles. The van der Waals surface area contributed by atoms with Gasteiger partial charge in [-0.05, 0) is 50.3 Å². The zero-order chi connectivity index (χ0) is 23.9. The zero-order valence-corrected chi connectivity index (χ0v) is 20.6. The van der Waals surface area contributed by atoms with Gasteiger partial charge in [0.1, 0.15) is 5.75 Å². The summed E-state index contributed by atoms with van der Waals surface area (Å²) in [4.78, 5) is 18.2. The van der Waals surface area contributed by atoms with Gasteiger partial charge in [0.25, 0.3) is 5.91 Å². The normalized spacial score (nSPS) is 15.3. The molecule has 182 valence electrons. The Balaban J connectivity index is 1.59. The molecule has 0 radical (unpaired) electrons. The number of benzene rings is 1. The third-order valence-corrected chi connectivity index (χ3v) is 6.63. The minimum absolute atomic E-state index is 0.0932. The van der Waals surface area contributed by atoms with E-state index in [2.05, 4.69) is 34.6 Å². The van der Waals surface area contributed by atoms with Crippen molar-refractivity contribution in [2.75, 3.05) is 11.9 Å². The molecule has 7 heteroatoms. The number of carbonyl (C=O) groups is 1. The van der Waals surface area contributed by atoms with Crippen LogP contribution in [0.4, 0.5) is 5.69 Å². The molecule has 3 aromatic rings. The Hall–Kier alpha value is -3.09. The van der Waals surface area contributed by atoms with Gasteiger partial charge in [0.05, 0.1) is 35.5 Å². The second-order valence-corrected chi connectivity index (χ2v) is 9.08. The first-order valence-corrected chi connectivity index (χ1v) is 12.8. The van der Waals surface area contributed by atoms with Crippen LogP contribution >= 0.6 is 0 Å². The highest BCUT2D eigenvalue weighted by molar-refractivity contribution is 6.06. The van der Waals surface area contributed by atoms with E-state index < -0.39 is 0 Å². The maximum Gasteiger partial charge on any atom is 0.255 e. The number of aryl methyl sites for hydroxylation is 1. The minimum Gasteiger partial charge on any atom is -0.494 e. The molecule has 1 aliphatic carbocycles. The molecule has 1 unspecified atom stereocenters. The number of fused-ring (bicyclic) bond motifs is 1. The van der Waals surface area contributed by atoms with Crippen molar-refractivity contribution in [2.45, 2.75) is 84.3 Å². The smallest absolute Gasteiger partial charge is 0.255 e. The molecule has 2 heterocycles. The fraction of sp³-hybridized carbons (Fsp3) is 0.519. The van der Waals surface area contributed by atoms with E-state index in [1.54, 1.807) is 6.20 Å². The number of hydrogen-bond donors (Lipinski definition) is 2. The third-order valence-electron chi connectivity index (χ3n) is 6.63. The average Bonchev–Trinajstić information content (AvgIpc) is 3.31. The number of nitrogens with one attached hydrogen (secondary N) is 2. The van der Waals surface area contributed by atoms with Crippen LogP contribution in [-0.2, 0) is 6.54 Å². The number of rotatable bonds is 10. The average molecular weight is 464 g/mol. The summed E-state index contributed by atoms with van der Waals surface area (Å²) >= 11 is 0. The zero-order valence-electron chi connectivity index (χ0n) is 20.6. The van der Waals surface area contributed by atoms with Crippen LogP contribution in [0.2, 0.25) is 0 Å². The number of aromatic nitrogens is 3. The van der Waals surface area contributed by atoms with Crippen LogP contribution in [0.15, 0.2) is 36.7 Å². The van der Waals surface area contributed by atoms with E-state index in [4.69, 9.17) is 4.74 Å². The number of amides is 1. The Labute approximate surface area is 202 Å². The molecule has 1 fully saturated rings. The number of hydrogen-bond acceptors (Lipinski definition) is 5. The van der Waals surface area contributed by atoms with Gasteiger partial charge in [-0.3, -0.25) is 4.79 Å². The summed E-state index contributed by atoms with van der Waals surface area (Å²) in [6.45, 7) is 7.66. The van der Waals surface area contributed by atoms with E-state index in [9.17, 15) is 4.79 Å². The lowest BCUT2D eigenvalue weighted by Gasteiger charge is -2.26. The van der Waals surface area contributed by atoms with E-state index in [0.717, 1.165) is 60.3 Å². The van der Waals surface area contributed by atoms with Crippen molar-refractivity contribution in [3.8, 4) is 5.75 Å². The lowest BCUT2D eigenvalue weighted by molar-refractivity contribution is 0.0936. The Kier molecular flexibility index (Phi) is 8.03. The van der Waals surface area contributed by atoms with Crippen molar-refractivity contribution in [3.05, 3.63) is 47.8 Å². The second-order valence-electron chi connectivity index (χ2n) is 9.08. The molecule has 0 aliphatic heterocycles. The molecule has 1 aliphatic rings. The Morgan fingerprint density at radius 2 is 1.88 bits per heavy atom. The topological polar surface area (TPSA) is 81.1 Å². The maximum absolute atomic E-state index is 13.5. The van der Waals surface area contributed by atoms with Crippen LogP contribution in [-0.4, -0.2) is 33.3 Å². The van der Waals surface area contributed by atoms with Gasteiger partial charge < -0.3 is 15.4 Å². The molecule has 1 atom stereocenters. The lowest BCUT2D eigenvalue weighted by atomic mass is 9.95. The van der Waals surface area contributed by atoms with Crippen molar-refractivity contribution in [1.82, 2.24) is 20.1 Å². The van der Waals surface area contributed by atoms with Gasteiger partial charge in [-0.15, -0.1) is 0 Å². The molecular formula is C27H37N5O2. The SMILES string of the molecule is CCCOc1ccc(C(CC)NC(=O)c2cnc3c(cnn3CC)c2NC2CCCCC2)cc1. The Morgan fingerprint density at radius 1 is 1.12 bits per heavy atom. The van der Waals surface area contributed by atoms with E-state index in [1.807, 2.05) is 42.1 Å². The van der Waals surface area contributed by atoms with Gasteiger partial charge >= 0.3 is 0 Å².